The Morgan fingerprint density at radius 2 is 2.08 bits per heavy atom. The second-order valence-electron chi connectivity index (χ2n) is 6.60. The van der Waals surface area contributed by atoms with Crippen molar-refractivity contribution in [3.63, 3.8) is 0 Å². The molecule has 1 atom stereocenters. The summed E-state index contributed by atoms with van der Waals surface area (Å²) in [7, 11) is 3.70. The second-order valence-corrected chi connectivity index (χ2v) is 7.84. The number of benzene rings is 2. The number of hydrogen-bond acceptors (Lipinski definition) is 5. The molecule has 0 aliphatic carbocycles. The van der Waals surface area contributed by atoms with E-state index in [0.29, 0.717) is 17.9 Å². The summed E-state index contributed by atoms with van der Waals surface area (Å²) in [5, 5.41) is 0. The summed E-state index contributed by atoms with van der Waals surface area (Å²) >= 11 is 2.24. The summed E-state index contributed by atoms with van der Waals surface area (Å²) in [6.07, 6.45) is 1.30. The molecule has 1 unspecified atom stereocenters. The van der Waals surface area contributed by atoms with Crippen molar-refractivity contribution < 1.29 is 19.0 Å². The van der Waals surface area contributed by atoms with Gasteiger partial charge in [-0.2, -0.15) is 0 Å². The average molecular weight is 465 g/mol. The fourth-order valence-electron chi connectivity index (χ4n) is 3.71. The summed E-state index contributed by atoms with van der Waals surface area (Å²) in [5.74, 6) is 2.20. The molecule has 0 fully saturated rings. The number of carbonyl (C=O) groups is 1. The van der Waals surface area contributed by atoms with Gasteiger partial charge in [-0.25, -0.2) is 0 Å². The van der Waals surface area contributed by atoms with Crippen LogP contribution >= 0.6 is 22.6 Å². The number of nitrogens with zero attached hydrogens (tertiary/aromatic N) is 1. The maximum absolute atomic E-state index is 12.9. The number of hydrogen-bond donors (Lipinski definition) is 0. The molecule has 2 aromatic carbocycles. The molecule has 0 amide bonds. The average Bonchev–Trinajstić information content (AvgIpc) is 3.11. The van der Waals surface area contributed by atoms with Crippen molar-refractivity contribution >= 4 is 28.4 Å². The topological polar surface area (TPSA) is 48.0 Å². The van der Waals surface area contributed by atoms with Gasteiger partial charge in [-0.1, -0.05) is 12.1 Å². The quantitative estimate of drug-likeness (QED) is 0.508. The van der Waals surface area contributed by atoms with Crippen molar-refractivity contribution in [1.82, 2.24) is 4.90 Å². The van der Waals surface area contributed by atoms with Crippen LogP contribution in [0.15, 0.2) is 30.3 Å². The monoisotopic (exact) mass is 465 g/mol. The number of rotatable bonds is 4. The lowest BCUT2D eigenvalue weighted by atomic mass is 9.87. The van der Waals surface area contributed by atoms with Gasteiger partial charge in [0.15, 0.2) is 17.3 Å². The van der Waals surface area contributed by atoms with Crippen molar-refractivity contribution in [2.75, 3.05) is 27.5 Å². The summed E-state index contributed by atoms with van der Waals surface area (Å²) in [4.78, 5) is 15.1. The third-order valence-corrected chi connectivity index (χ3v) is 5.81. The van der Waals surface area contributed by atoms with Crippen molar-refractivity contribution in [3.05, 3.63) is 50.6 Å². The van der Waals surface area contributed by atoms with Gasteiger partial charge >= 0.3 is 0 Å². The molecule has 0 radical (unpaired) electrons. The van der Waals surface area contributed by atoms with Crippen molar-refractivity contribution in [2.45, 2.75) is 18.9 Å². The first kappa shape index (κ1) is 17.6. The molecule has 2 aromatic rings. The summed E-state index contributed by atoms with van der Waals surface area (Å²) in [6.45, 7) is 1.09. The Balaban J connectivity index is 1.71. The molecule has 0 saturated carbocycles. The van der Waals surface area contributed by atoms with Crippen molar-refractivity contribution in [1.29, 1.82) is 0 Å². The van der Waals surface area contributed by atoms with Crippen LogP contribution in [0, 0.1) is 3.57 Å². The number of Topliss-reactive ketones (excluding diaryl/α,β-unsaturated/α-hetero) is 1. The Kier molecular flexibility index (Phi) is 4.79. The van der Waals surface area contributed by atoms with Crippen molar-refractivity contribution in [3.8, 4) is 17.2 Å². The highest BCUT2D eigenvalue weighted by Crippen LogP contribution is 2.50. The number of ether oxygens (including phenoxy) is 3. The van der Waals surface area contributed by atoms with Crippen LogP contribution in [0.4, 0.5) is 0 Å². The van der Waals surface area contributed by atoms with Crippen molar-refractivity contribution in [2.24, 2.45) is 0 Å². The van der Waals surface area contributed by atoms with Gasteiger partial charge in [0.2, 0.25) is 12.5 Å². The molecule has 0 saturated heterocycles. The van der Waals surface area contributed by atoms with Crippen LogP contribution in [0.3, 0.4) is 0 Å². The highest BCUT2D eigenvalue weighted by Gasteiger charge is 2.35. The zero-order chi connectivity index (χ0) is 18.3. The van der Waals surface area contributed by atoms with E-state index in [9.17, 15) is 4.79 Å². The Morgan fingerprint density at radius 3 is 2.81 bits per heavy atom. The van der Waals surface area contributed by atoms with Gasteiger partial charge in [0.25, 0.3) is 0 Å². The molecule has 2 heterocycles. The van der Waals surface area contributed by atoms with Crippen LogP contribution in [0.2, 0.25) is 0 Å². The molecular weight excluding hydrogens is 445 g/mol. The van der Waals surface area contributed by atoms with Crippen LogP contribution in [0.1, 0.15) is 33.9 Å². The van der Waals surface area contributed by atoms with Crippen LogP contribution in [-0.2, 0) is 6.42 Å². The van der Waals surface area contributed by atoms with E-state index < -0.39 is 0 Å². The van der Waals surface area contributed by atoms with Gasteiger partial charge in [-0.3, -0.25) is 9.69 Å². The molecule has 0 spiro atoms. The predicted molar refractivity (Wildman–Crippen MR) is 106 cm³/mol. The Morgan fingerprint density at radius 1 is 1.31 bits per heavy atom. The van der Waals surface area contributed by atoms with Gasteiger partial charge in [0.1, 0.15) is 0 Å². The molecule has 5 nitrogen and oxygen atoms in total. The number of ketones is 1. The van der Waals surface area contributed by atoms with E-state index >= 15 is 0 Å². The number of methoxy groups -OCH3 is 1. The number of likely N-dealkylation sites (N-methyl/N-ethyl adjacent to an activating group) is 1. The molecule has 0 aromatic heterocycles. The fraction of sp³-hybridized carbons (Fsp3) is 0.350. The van der Waals surface area contributed by atoms with Crippen LogP contribution < -0.4 is 14.2 Å². The van der Waals surface area contributed by atoms with Gasteiger partial charge < -0.3 is 14.2 Å². The van der Waals surface area contributed by atoms with Gasteiger partial charge in [-0.15, -0.1) is 0 Å². The maximum Gasteiger partial charge on any atom is 0.231 e. The minimum Gasteiger partial charge on any atom is -0.492 e. The zero-order valence-corrected chi connectivity index (χ0v) is 16.9. The molecule has 0 N–H and O–H groups in total. The van der Waals surface area contributed by atoms with Gasteiger partial charge in [-0.05, 0) is 59.8 Å². The first-order valence-corrected chi connectivity index (χ1v) is 9.64. The Labute approximate surface area is 166 Å². The molecule has 26 heavy (non-hydrogen) atoms. The van der Waals surface area contributed by atoms with Crippen LogP contribution in [0.5, 0.6) is 17.2 Å². The first-order valence-electron chi connectivity index (χ1n) is 8.57. The number of fused-ring (bicyclic) bond motifs is 2. The molecule has 6 heteroatoms. The summed E-state index contributed by atoms with van der Waals surface area (Å²) in [5.41, 5.74) is 2.96. The standard InChI is InChI=1S/C20H20INO4/c1-22-8-7-13-9-17-19(26-11-25-17)20(24-2)18(13)15(22)10-16(23)12-3-5-14(21)6-4-12/h3-6,9,15H,7-8,10-11H2,1-2H3. The normalized spacial score (nSPS) is 18.5. The third-order valence-electron chi connectivity index (χ3n) is 5.09. The number of carbonyl (C=O) groups excluding carboxylic acids is 1. The van der Waals surface area contributed by atoms with E-state index in [2.05, 4.69) is 34.5 Å². The van der Waals surface area contributed by atoms with E-state index in [1.165, 1.54) is 5.56 Å². The molecule has 2 aliphatic heterocycles. The minimum atomic E-state index is -0.0463. The van der Waals surface area contributed by atoms with E-state index in [0.717, 1.165) is 33.4 Å². The largest absolute Gasteiger partial charge is 0.492 e. The third kappa shape index (κ3) is 3.05. The van der Waals surface area contributed by atoms with Crippen LogP contribution in [0.25, 0.3) is 0 Å². The lowest BCUT2D eigenvalue weighted by molar-refractivity contribution is 0.0925. The highest BCUT2D eigenvalue weighted by atomic mass is 127. The van der Waals surface area contributed by atoms with Gasteiger partial charge in [0, 0.05) is 33.7 Å². The lowest BCUT2D eigenvalue weighted by Crippen LogP contribution is -2.34. The zero-order valence-electron chi connectivity index (χ0n) is 14.8. The van der Waals surface area contributed by atoms with E-state index in [-0.39, 0.29) is 18.6 Å². The number of halogens is 1. The summed E-state index contributed by atoms with van der Waals surface area (Å²) < 4.78 is 18.0. The smallest absolute Gasteiger partial charge is 0.231 e. The fourth-order valence-corrected chi connectivity index (χ4v) is 4.07. The second kappa shape index (κ2) is 7.08. The van der Waals surface area contributed by atoms with Gasteiger partial charge in [0.05, 0.1) is 7.11 Å². The minimum absolute atomic E-state index is 0.0463. The Hall–Kier alpha value is -1.80. The SMILES string of the molecule is COc1c2c(cc3c1C(CC(=O)c1ccc(I)cc1)N(C)CC3)OCO2. The van der Waals surface area contributed by atoms with E-state index in [1.54, 1.807) is 7.11 Å². The summed E-state index contributed by atoms with van der Waals surface area (Å²) in [6, 6.07) is 9.70. The first-order chi connectivity index (χ1) is 12.6. The molecule has 136 valence electrons. The molecule has 4 rings (SSSR count). The van der Waals surface area contributed by atoms with E-state index in [1.807, 2.05) is 30.3 Å². The molecule has 2 aliphatic rings. The lowest BCUT2D eigenvalue weighted by Gasteiger charge is -2.35. The molecular formula is C20H20INO4. The predicted octanol–water partition coefficient (Wildman–Crippen LogP) is 3.83. The van der Waals surface area contributed by atoms with Crippen LogP contribution in [-0.4, -0.2) is 38.2 Å². The maximum atomic E-state index is 12.9. The highest BCUT2D eigenvalue weighted by molar-refractivity contribution is 14.1. The molecule has 0 bridgehead atoms. The Bertz CT molecular complexity index is 850. The van der Waals surface area contributed by atoms with E-state index in [4.69, 9.17) is 14.2 Å².